The van der Waals surface area contributed by atoms with Gasteiger partial charge in [0.2, 0.25) is 0 Å². The highest BCUT2D eigenvalue weighted by Crippen LogP contribution is 2.34. The summed E-state index contributed by atoms with van der Waals surface area (Å²) in [5.41, 5.74) is 5.45. The second-order valence-corrected chi connectivity index (χ2v) is 5.74. The third-order valence-electron chi connectivity index (χ3n) is 4.01. The van der Waals surface area contributed by atoms with Crippen LogP contribution >= 0.6 is 0 Å². The molecule has 3 nitrogen and oxygen atoms in total. The van der Waals surface area contributed by atoms with E-state index in [-0.39, 0.29) is 6.10 Å². The summed E-state index contributed by atoms with van der Waals surface area (Å²) in [6, 6.07) is 9.80. The number of hydrogen-bond acceptors (Lipinski definition) is 2. The summed E-state index contributed by atoms with van der Waals surface area (Å²) in [6.45, 7) is 5.90. The monoisotopic (exact) mass is 282 g/mol. The minimum Gasteiger partial charge on any atom is -0.490 e. The molecule has 0 radical (unpaired) electrons. The molecule has 1 aliphatic rings. The SMILES string of the molecule is Cc1cc(C)c(-c2ccc3c(c2)CC(C)O3)cc1C(=O)O. The molecule has 0 spiro atoms. The Morgan fingerprint density at radius 1 is 1.19 bits per heavy atom. The van der Waals surface area contributed by atoms with Crippen molar-refractivity contribution in [3.05, 3.63) is 52.6 Å². The lowest BCUT2D eigenvalue weighted by molar-refractivity contribution is 0.0696. The maximum Gasteiger partial charge on any atom is 0.335 e. The van der Waals surface area contributed by atoms with Gasteiger partial charge in [0.05, 0.1) is 5.56 Å². The standard InChI is InChI=1S/C18H18O3/c1-10-6-11(2)16(18(19)20)9-15(10)13-4-5-17-14(8-13)7-12(3)21-17/h4-6,8-9,12H,7H2,1-3H3,(H,19,20). The van der Waals surface area contributed by atoms with E-state index in [1.54, 1.807) is 6.07 Å². The van der Waals surface area contributed by atoms with Crippen molar-refractivity contribution in [1.29, 1.82) is 0 Å². The molecular formula is C18H18O3. The highest BCUT2D eigenvalue weighted by molar-refractivity contribution is 5.91. The van der Waals surface area contributed by atoms with Gasteiger partial charge in [0, 0.05) is 6.42 Å². The largest absolute Gasteiger partial charge is 0.490 e. The first kappa shape index (κ1) is 13.7. The highest BCUT2D eigenvalue weighted by Gasteiger charge is 2.20. The van der Waals surface area contributed by atoms with Crippen LogP contribution in [0.2, 0.25) is 0 Å². The number of carbonyl (C=O) groups is 1. The van der Waals surface area contributed by atoms with Gasteiger partial charge >= 0.3 is 5.97 Å². The van der Waals surface area contributed by atoms with E-state index in [9.17, 15) is 9.90 Å². The predicted octanol–water partition coefficient (Wildman–Crippen LogP) is 3.99. The van der Waals surface area contributed by atoms with Crippen molar-refractivity contribution in [3.8, 4) is 16.9 Å². The van der Waals surface area contributed by atoms with Gasteiger partial charge in [0.15, 0.2) is 0 Å². The van der Waals surface area contributed by atoms with Gasteiger partial charge in [0.25, 0.3) is 0 Å². The minimum absolute atomic E-state index is 0.212. The van der Waals surface area contributed by atoms with Crippen molar-refractivity contribution in [3.63, 3.8) is 0 Å². The first-order valence-corrected chi connectivity index (χ1v) is 7.10. The molecule has 1 N–H and O–H groups in total. The van der Waals surface area contributed by atoms with E-state index in [0.29, 0.717) is 5.56 Å². The van der Waals surface area contributed by atoms with Crippen LogP contribution in [0.5, 0.6) is 5.75 Å². The van der Waals surface area contributed by atoms with Crippen LogP contribution in [-0.4, -0.2) is 17.2 Å². The van der Waals surface area contributed by atoms with Crippen molar-refractivity contribution < 1.29 is 14.6 Å². The molecule has 1 heterocycles. The summed E-state index contributed by atoms with van der Waals surface area (Å²) in [7, 11) is 0. The Morgan fingerprint density at radius 2 is 1.95 bits per heavy atom. The van der Waals surface area contributed by atoms with Gasteiger partial charge in [-0.3, -0.25) is 0 Å². The predicted molar refractivity (Wildman–Crippen MR) is 82.1 cm³/mol. The molecule has 0 bridgehead atoms. The molecule has 108 valence electrons. The Morgan fingerprint density at radius 3 is 2.67 bits per heavy atom. The molecule has 0 saturated heterocycles. The van der Waals surface area contributed by atoms with Gasteiger partial charge in [-0.15, -0.1) is 0 Å². The number of benzene rings is 2. The lowest BCUT2D eigenvalue weighted by Crippen LogP contribution is -2.05. The van der Waals surface area contributed by atoms with Crippen LogP contribution in [0.25, 0.3) is 11.1 Å². The van der Waals surface area contributed by atoms with Crippen molar-refractivity contribution in [2.45, 2.75) is 33.3 Å². The Labute approximate surface area is 124 Å². The van der Waals surface area contributed by atoms with Crippen LogP contribution in [0.1, 0.15) is 34.0 Å². The van der Waals surface area contributed by atoms with Gasteiger partial charge in [-0.2, -0.15) is 0 Å². The average Bonchev–Trinajstić information content (AvgIpc) is 2.77. The van der Waals surface area contributed by atoms with Gasteiger partial charge in [-0.05, 0) is 66.8 Å². The normalized spacial score (nSPS) is 16.4. The number of ether oxygens (including phenoxy) is 1. The van der Waals surface area contributed by atoms with E-state index in [2.05, 4.69) is 13.0 Å². The van der Waals surface area contributed by atoms with Crippen LogP contribution in [0.4, 0.5) is 0 Å². The van der Waals surface area contributed by atoms with Crippen molar-refractivity contribution in [2.24, 2.45) is 0 Å². The van der Waals surface area contributed by atoms with Crippen LogP contribution in [0.15, 0.2) is 30.3 Å². The Hall–Kier alpha value is -2.29. The zero-order chi connectivity index (χ0) is 15.1. The molecule has 2 aromatic rings. The van der Waals surface area contributed by atoms with Crippen molar-refractivity contribution in [2.75, 3.05) is 0 Å². The molecule has 3 heteroatoms. The van der Waals surface area contributed by atoms with Crippen LogP contribution in [0, 0.1) is 13.8 Å². The van der Waals surface area contributed by atoms with Crippen LogP contribution in [0.3, 0.4) is 0 Å². The molecule has 1 aliphatic heterocycles. The third kappa shape index (κ3) is 2.40. The minimum atomic E-state index is -0.883. The second-order valence-electron chi connectivity index (χ2n) is 5.74. The van der Waals surface area contributed by atoms with Crippen molar-refractivity contribution >= 4 is 5.97 Å². The van der Waals surface area contributed by atoms with E-state index in [1.807, 2.05) is 32.0 Å². The number of fused-ring (bicyclic) bond motifs is 1. The molecule has 0 aromatic heterocycles. The smallest absolute Gasteiger partial charge is 0.335 e. The number of rotatable bonds is 2. The number of carboxylic acid groups (broad SMARTS) is 1. The maximum atomic E-state index is 11.3. The Balaban J connectivity index is 2.11. The Bertz CT molecular complexity index is 731. The molecule has 0 aliphatic carbocycles. The molecule has 1 unspecified atom stereocenters. The lowest BCUT2D eigenvalue weighted by atomic mass is 9.93. The highest BCUT2D eigenvalue weighted by atomic mass is 16.5. The first-order valence-electron chi connectivity index (χ1n) is 7.10. The number of carboxylic acids is 1. The van der Waals surface area contributed by atoms with Gasteiger partial charge < -0.3 is 9.84 Å². The number of aryl methyl sites for hydroxylation is 2. The van der Waals surface area contributed by atoms with E-state index in [4.69, 9.17) is 4.74 Å². The summed E-state index contributed by atoms with van der Waals surface area (Å²) >= 11 is 0. The van der Waals surface area contributed by atoms with Crippen LogP contribution < -0.4 is 4.74 Å². The second kappa shape index (κ2) is 4.92. The molecule has 1 atom stereocenters. The van der Waals surface area contributed by atoms with Crippen molar-refractivity contribution in [1.82, 2.24) is 0 Å². The molecular weight excluding hydrogens is 264 g/mol. The zero-order valence-corrected chi connectivity index (χ0v) is 12.4. The third-order valence-corrected chi connectivity index (χ3v) is 4.01. The van der Waals surface area contributed by atoms with E-state index < -0.39 is 5.97 Å². The van der Waals surface area contributed by atoms with Gasteiger partial charge in [0.1, 0.15) is 11.9 Å². The fourth-order valence-electron chi connectivity index (χ4n) is 2.98. The fourth-order valence-corrected chi connectivity index (χ4v) is 2.98. The maximum absolute atomic E-state index is 11.3. The van der Waals surface area contributed by atoms with Gasteiger partial charge in [-0.25, -0.2) is 4.79 Å². The lowest BCUT2D eigenvalue weighted by Gasteiger charge is -2.11. The number of aromatic carboxylic acids is 1. The number of hydrogen-bond donors (Lipinski definition) is 1. The zero-order valence-electron chi connectivity index (χ0n) is 12.4. The van der Waals surface area contributed by atoms with Gasteiger partial charge in [-0.1, -0.05) is 12.1 Å². The average molecular weight is 282 g/mol. The molecule has 21 heavy (non-hydrogen) atoms. The summed E-state index contributed by atoms with van der Waals surface area (Å²) in [5, 5.41) is 9.30. The molecule has 0 saturated carbocycles. The first-order chi connectivity index (χ1) is 9.95. The summed E-state index contributed by atoms with van der Waals surface area (Å²) < 4.78 is 5.71. The molecule has 2 aromatic carbocycles. The quantitative estimate of drug-likeness (QED) is 0.905. The Kier molecular flexibility index (Phi) is 3.20. The fraction of sp³-hybridized carbons (Fsp3) is 0.278. The van der Waals surface area contributed by atoms with E-state index in [0.717, 1.165) is 34.4 Å². The summed E-state index contributed by atoms with van der Waals surface area (Å²) in [6.07, 6.45) is 1.11. The van der Waals surface area contributed by atoms with Crippen LogP contribution in [-0.2, 0) is 6.42 Å². The molecule has 3 rings (SSSR count). The van der Waals surface area contributed by atoms with E-state index >= 15 is 0 Å². The molecule has 0 amide bonds. The molecule has 0 fully saturated rings. The summed E-state index contributed by atoms with van der Waals surface area (Å²) in [5.74, 6) is 0.0568. The summed E-state index contributed by atoms with van der Waals surface area (Å²) in [4.78, 5) is 11.3. The topological polar surface area (TPSA) is 46.5 Å². The van der Waals surface area contributed by atoms with E-state index in [1.165, 1.54) is 5.56 Å².